The molecule has 0 aliphatic rings. The molecule has 21 heavy (non-hydrogen) atoms. The molecule has 114 valence electrons. The average molecular weight is 308 g/mol. The molecular formula is C13H20N6OS. The van der Waals surface area contributed by atoms with Gasteiger partial charge in [0.15, 0.2) is 5.82 Å². The van der Waals surface area contributed by atoms with Crippen molar-refractivity contribution in [1.82, 2.24) is 19.5 Å². The van der Waals surface area contributed by atoms with Crippen LogP contribution < -0.4 is 16.4 Å². The summed E-state index contributed by atoms with van der Waals surface area (Å²) in [5.74, 6) is 0.0699. The molecule has 1 amide bonds. The fourth-order valence-corrected chi connectivity index (χ4v) is 2.66. The number of hydrogen-bond acceptors (Lipinski definition) is 6. The van der Waals surface area contributed by atoms with E-state index >= 15 is 0 Å². The van der Waals surface area contributed by atoms with Crippen molar-refractivity contribution < 1.29 is 4.79 Å². The van der Waals surface area contributed by atoms with E-state index in [0.717, 1.165) is 12.1 Å². The van der Waals surface area contributed by atoms with Gasteiger partial charge in [0.05, 0.1) is 0 Å². The Morgan fingerprint density at radius 3 is 2.90 bits per heavy atom. The lowest BCUT2D eigenvalue weighted by molar-refractivity contribution is 0.0945. The molecular weight excluding hydrogens is 288 g/mol. The van der Waals surface area contributed by atoms with Crippen LogP contribution in [-0.4, -0.2) is 32.6 Å². The maximum Gasteiger partial charge on any atom is 0.258 e. The number of nitrogens with one attached hydrogen (secondary N) is 2. The summed E-state index contributed by atoms with van der Waals surface area (Å²) >= 11 is 1.20. The third-order valence-corrected chi connectivity index (χ3v) is 3.77. The summed E-state index contributed by atoms with van der Waals surface area (Å²) in [6, 6.07) is 2.02. The summed E-state index contributed by atoms with van der Waals surface area (Å²) in [6.07, 6.45) is 2.57. The molecule has 0 fully saturated rings. The van der Waals surface area contributed by atoms with Crippen molar-refractivity contribution in [3.05, 3.63) is 23.5 Å². The van der Waals surface area contributed by atoms with E-state index < -0.39 is 0 Å². The van der Waals surface area contributed by atoms with E-state index in [1.165, 1.54) is 11.5 Å². The second-order valence-corrected chi connectivity index (χ2v) is 5.80. The van der Waals surface area contributed by atoms with Crippen LogP contribution in [0.15, 0.2) is 12.3 Å². The number of aromatic nitrogens is 3. The lowest BCUT2D eigenvalue weighted by Gasteiger charge is -2.10. The molecule has 4 N–H and O–H groups in total. The van der Waals surface area contributed by atoms with Crippen LogP contribution in [0.25, 0.3) is 0 Å². The van der Waals surface area contributed by atoms with Gasteiger partial charge in [-0.25, -0.2) is 0 Å². The largest absolute Gasteiger partial charge is 0.382 e. The van der Waals surface area contributed by atoms with E-state index in [1.807, 2.05) is 31.6 Å². The molecule has 0 unspecified atom stereocenters. The number of amides is 1. The minimum atomic E-state index is -0.195. The lowest BCUT2D eigenvalue weighted by Crippen LogP contribution is -2.31. The van der Waals surface area contributed by atoms with Crippen molar-refractivity contribution in [2.75, 3.05) is 17.6 Å². The van der Waals surface area contributed by atoms with Gasteiger partial charge in [-0.15, -0.1) is 0 Å². The molecule has 0 atom stereocenters. The van der Waals surface area contributed by atoms with Gasteiger partial charge in [-0.3, -0.25) is 9.48 Å². The predicted molar refractivity (Wildman–Crippen MR) is 84.5 cm³/mol. The molecule has 2 heterocycles. The van der Waals surface area contributed by atoms with Crippen LogP contribution >= 0.6 is 11.5 Å². The fourth-order valence-electron chi connectivity index (χ4n) is 1.93. The van der Waals surface area contributed by atoms with E-state index in [-0.39, 0.29) is 17.8 Å². The highest BCUT2D eigenvalue weighted by atomic mass is 32.1. The Kier molecular flexibility index (Phi) is 4.79. The van der Waals surface area contributed by atoms with E-state index in [9.17, 15) is 4.79 Å². The highest BCUT2D eigenvalue weighted by Gasteiger charge is 2.19. The van der Waals surface area contributed by atoms with Crippen molar-refractivity contribution in [3.63, 3.8) is 0 Å². The smallest absolute Gasteiger partial charge is 0.258 e. The Labute approximate surface area is 127 Å². The van der Waals surface area contributed by atoms with Gasteiger partial charge in [0.1, 0.15) is 10.6 Å². The first-order valence-electron chi connectivity index (χ1n) is 6.75. The van der Waals surface area contributed by atoms with Gasteiger partial charge >= 0.3 is 0 Å². The molecule has 0 spiro atoms. The van der Waals surface area contributed by atoms with Crippen LogP contribution in [0.1, 0.15) is 29.9 Å². The normalized spacial score (nSPS) is 10.9. The first-order chi connectivity index (χ1) is 9.99. The standard InChI is InChI=1S/C13H20N6OS/c1-8(2)17-12(20)10-11(14)18-21-13(10)15-6-4-9-5-7-16-19(9)3/h5,7-8,15H,4,6H2,1-3H3,(H2,14,18)(H,17,20). The SMILES string of the molecule is CC(C)NC(=O)c1c(N)nsc1NCCc1ccnn1C. The lowest BCUT2D eigenvalue weighted by atomic mass is 10.2. The van der Waals surface area contributed by atoms with Gasteiger partial charge in [0.2, 0.25) is 0 Å². The van der Waals surface area contributed by atoms with Gasteiger partial charge in [-0.05, 0) is 31.4 Å². The van der Waals surface area contributed by atoms with Gasteiger partial charge in [-0.2, -0.15) is 9.47 Å². The molecule has 0 aliphatic heterocycles. The van der Waals surface area contributed by atoms with Crippen molar-refractivity contribution >= 4 is 28.3 Å². The zero-order valence-electron chi connectivity index (χ0n) is 12.4. The highest BCUT2D eigenvalue weighted by molar-refractivity contribution is 7.11. The van der Waals surface area contributed by atoms with Gasteiger partial charge < -0.3 is 16.4 Å². The zero-order valence-corrected chi connectivity index (χ0v) is 13.2. The molecule has 2 aromatic heterocycles. The van der Waals surface area contributed by atoms with E-state index in [0.29, 0.717) is 17.1 Å². The van der Waals surface area contributed by atoms with Crippen LogP contribution in [0.5, 0.6) is 0 Å². The van der Waals surface area contributed by atoms with Crippen molar-refractivity contribution in [2.24, 2.45) is 7.05 Å². The molecule has 0 bridgehead atoms. The van der Waals surface area contributed by atoms with E-state index in [4.69, 9.17) is 5.73 Å². The maximum atomic E-state index is 12.1. The second-order valence-electron chi connectivity index (χ2n) is 5.02. The average Bonchev–Trinajstić information content (AvgIpc) is 2.96. The molecule has 8 heteroatoms. The maximum absolute atomic E-state index is 12.1. The summed E-state index contributed by atoms with van der Waals surface area (Å²) in [6.45, 7) is 4.50. The van der Waals surface area contributed by atoms with Crippen LogP contribution in [0.3, 0.4) is 0 Å². The number of rotatable bonds is 6. The minimum absolute atomic E-state index is 0.0547. The molecule has 2 rings (SSSR count). The first-order valence-corrected chi connectivity index (χ1v) is 7.53. The number of hydrogen-bond donors (Lipinski definition) is 3. The van der Waals surface area contributed by atoms with Gasteiger partial charge in [0.25, 0.3) is 5.91 Å². The van der Waals surface area contributed by atoms with E-state index in [2.05, 4.69) is 20.1 Å². The molecule has 0 aromatic carbocycles. The van der Waals surface area contributed by atoms with Crippen LogP contribution in [0.2, 0.25) is 0 Å². The summed E-state index contributed by atoms with van der Waals surface area (Å²) in [7, 11) is 1.90. The summed E-state index contributed by atoms with van der Waals surface area (Å²) in [5, 5.41) is 10.9. The Morgan fingerprint density at radius 2 is 2.29 bits per heavy atom. The van der Waals surface area contributed by atoms with Crippen molar-refractivity contribution in [2.45, 2.75) is 26.3 Å². The molecule has 0 saturated heterocycles. The van der Waals surface area contributed by atoms with Gasteiger partial charge in [-0.1, -0.05) is 0 Å². The molecule has 0 saturated carbocycles. The predicted octanol–water partition coefficient (Wildman–Crippen LogP) is 1.25. The Hall–Kier alpha value is -2.09. The number of carbonyl (C=O) groups is 1. The Balaban J connectivity index is 2.00. The topological polar surface area (TPSA) is 97.9 Å². The van der Waals surface area contributed by atoms with Crippen LogP contribution in [0.4, 0.5) is 10.8 Å². The third kappa shape index (κ3) is 3.72. The quantitative estimate of drug-likeness (QED) is 0.746. The molecule has 0 aliphatic carbocycles. The second kappa shape index (κ2) is 6.57. The first kappa shape index (κ1) is 15.3. The number of anilines is 2. The van der Waals surface area contributed by atoms with Crippen LogP contribution in [-0.2, 0) is 13.5 Å². The summed E-state index contributed by atoms with van der Waals surface area (Å²) in [4.78, 5) is 12.1. The van der Waals surface area contributed by atoms with Crippen molar-refractivity contribution in [1.29, 1.82) is 0 Å². The summed E-state index contributed by atoms with van der Waals surface area (Å²) < 4.78 is 5.89. The number of aryl methyl sites for hydroxylation is 1. The molecule has 0 radical (unpaired) electrons. The Bertz CT molecular complexity index is 618. The third-order valence-electron chi connectivity index (χ3n) is 2.95. The minimum Gasteiger partial charge on any atom is -0.382 e. The van der Waals surface area contributed by atoms with Gasteiger partial charge in [0, 0.05) is 37.9 Å². The summed E-state index contributed by atoms with van der Waals surface area (Å²) in [5.41, 5.74) is 7.34. The fraction of sp³-hybridized carbons (Fsp3) is 0.462. The highest BCUT2D eigenvalue weighted by Crippen LogP contribution is 2.26. The molecule has 2 aromatic rings. The Morgan fingerprint density at radius 1 is 1.52 bits per heavy atom. The van der Waals surface area contributed by atoms with Crippen molar-refractivity contribution in [3.8, 4) is 0 Å². The van der Waals surface area contributed by atoms with E-state index in [1.54, 1.807) is 6.20 Å². The number of nitrogens with zero attached hydrogens (tertiary/aromatic N) is 3. The number of carbonyl (C=O) groups excluding carboxylic acids is 1. The number of nitrogens with two attached hydrogens (primary N) is 1. The number of nitrogen functional groups attached to an aromatic ring is 1. The monoisotopic (exact) mass is 308 g/mol. The zero-order chi connectivity index (χ0) is 15.4. The van der Waals surface area contributed by atoms with Crippen LogP contribution in [0, 0.1) is 0 Å². The molecule has 7 nitrogen and oxygen atoms in total.